The average Bonchev–Trinajstić information content (AvgIpc) is 3.14. The zero-order chi connectivity index (χ0) is 29.2. The fourth-order valence-electron chi connectivity index (χ4n) is 5.33. The second-order valence-electron chi connectivity index (χ2n) is 12.0. The molecule has 0 unspecified atom stereocenters. The van der Waals surface area contributed by atoms with Gasteiger partial charge in [0.05, 0.1) is 17.9 Å². The zero-order valence-corrected chi connectivity index (χ0v) is 25.3. The average molecular weight is 565 g/mol. The van der Waals surface area contributed by atoms with Gasteiger partial charge in [0.2, 0.25) is 5.88 Å². The van der Waals surface area contributed by atoms with Gasteiger partial charge in [0.1, 0.15) is 5.82 Å². The molecule has 40 heavy (non-hydrogen) atoms. The number of carbonyl (C=O) groups is 1. The normalized spacial score (nSPS) is 16.8. The maximum Gasteiger partial charge on any atom is 0.281 e. The first-order chi connectivity index (χ1) is 18.7. The molecule has 0 saturated carbocycles. The van der Waals surface area contributed by atoms with Crippen molar-refractivity contribution in [1.82, 2.24) is 14.7 Å². The highest BCUT2D eigenvalue weighted by atomic mass is 32.2. The summed E-state index contributed by atoms with van der Waals surface area (Å²) < 4.78 is 34.3. The van der Waals surface area contributed by atoms with Gasteiger partial charge in [0, 0.05) is 23.7 Å². The third-order valence-electron chi connectivity index (χ3n) is 7.11. The Bertz CT molecular complexity index is 1480. The maximum absolute atomic E-state index is 13.6. The van der Waals surface area contributed by atoms with Crippen LogP contribution in [-0.2, 0) is 10.0 Å². The van der Waals surface area contributed by atoms with Crippen LogP contribution in [-0.4, -0.2) is 43.0 Å². The van der Waals surface area contributed by atoms with Crippen LogP contribution >= 0.6 is 0 Å². The number of benzene rings is 1. The molecule has 9 heteroatoms. The zero-order valence-electron chi connectivity index (χ0n) is 24.5. The number of nitrogens with one attached hydrogen (secondary N) is 1. The number of ether oxygens (including phenoxy) is 1. The van der Waals surface area contributed by atoms with Gasteiger partial charge >= 0.3 is 0 Å². The number of rotatable bonds is 9. The fourth-order valence-corrected chi connectivity index (χ4v) is 6.26. The smallest absolute Gasteiger partial charge is 0.281 e. The van der Waals surface area contributed by atoms with Gasteiger partial charge in [0.15, 0.2) is 5.03 Å². The maximum atomic E-state index is 13.6. The molecule has 3 aromatic rings. The Labute approximate surface area is 238 Å². The Balaban J connectivity index is 1.68. The number of carbonyl (C=O) groups excluding carboxylic acids is 1. The van der Waals surface area contributed by atoms with Crippen molar-refractivity contribution in [2.75, 3.05) is 18.1 Å². The Hall–Kier alpha value is -3.46. The van der Waals surface area contributed by atoms with Crippen LogP contribution in [0.4, 0.5) is 5.82 Å². The Morgan fingerprint density at radius 3 is 2.42 bits per heavy atom. The number of amides is 1. The van der Waals surface area contributed by atoms with Crippen LogP contribution in [0.2, 0.25) is 0 Å². The molecule has 1 aliphatic heterocycles. The van der Waals surface area contributed by atoms with E-state index >= 15 is 0 Å². The molecular formula is C31H40N4O4S. The molecule has 1 fully saturated rings. The Morgan fingerprint density at radius 2 is 1.80 bits per heavy atom. The number of anilines is 1. The molecular weight excluding hydrogens is 524 g/mol. The van der Waals surface area contributed by atoms with Crippen LogP contribution in [0.3, 0.4) is 0 Å². The van der Waals surface area contributed by atoms with E-state index < -0.39 is 15.9 Å². The van der Waals surface area contributed by atoms with Crippen LogP contribution < -0.4 is 14.4 Å². The van der Waals surface area contributed by atoms with Crippen LogP contribution in [0.15, 0.2) is 53.6 Å². The summed E-state index contributed by atoms with van der Waals surface area (Å²) in [6.45, 7) is 15.8. The van der Waals surface area contributed by atoms with Crippen LogP contribution in [0.5, 0.6) is 5.88 Å². The molecule has 0 spiro atoms. The summed E-state index contributed by atoms with van der Waals surface area (Å²) in [5.74, 6) is 0.752. The number of pyridine rings is 2. The molecule has 0 radical (unpaired) electrons. The molecule has 1 N–H and O–H groups in total. The van der Waals surface area contributed by atoms with Gasteiger partial charge in [-0.15, -0.1) is 0 Å². The predicted molar refractivity (Wildman–Crippen MR) is 158 cm³/mol. The van der Waals surface area contributed by atoms with Gasteiger partial charge in [-0.1, -0.05) is 44.0 Å². The van der Waals surface area contributed by atoms with Crippen molar-refractivity contribution in [3.63, 3.8) is 0 Å². The minimum absolute atomic E-state index is 0.197. The highest BCUT2D eigenvalue weighted by molar-refractivity contribution is 7.90. The SMILES string of the molecule is Cc1cc(C)cc(-c2ccc(C(=O)NS(=O)(=O)c3cccc(OCCC(C)C)n3)c(N3C[C@@H](C)CC3(C)C)n2)c1. The molecule has 1 atom stereocenters. The van der Waals surface area contributed by atoms with E-state index in [4.69, 9.17) is 9.72 Å². The largest absolute Gasteiger partial charge is 0.478 e. The third kappa shape index (κ3) is 6.81. The number of aromatic nitrogens is 2. The topological polar surface area (TPSA) is 101 Å². The quantitative estimate of drug-likeness (QED) is 0.344. The summed E-state index contributed by atoms with van der Waals surface area (Å²) >= 11 is 0. The molecule has 0 bridgehead atoms. The summed E-state index contributed by atoms with van der Waals surface area (Å²) in [6.07, 6.45) is 1.74. The predicted octanol–water partition coefficient (Wildman–Crippen LogP) is 5.93. The van der Waals surface area contributed by atoms with Crippen molar-refractivity contribution in [2.24, 2.45) is 11.8 Å². The second-order valence-corrected chi connectivity index (χ2v) is 13.6. The standard InChI is InChI=1S/C31H40N4O4S/c1-20(2)13-14-39-27-9-8-10-28(33-27)40(37,38)34-30(36)25-11-12-26(24-16-21(3)15-22(4)17-24)32-29(25)35-19-23(5)18-31(35,6)7/h8-12,15-17,20,23H,13-14,18-19H2,1-7H3,(H,34,36)/t23-/m0/s1. The van der Waals surface area contributed by atoms with Crippen LogP contribution in [0, 0.1) is 25.7 Å². The number of nitrogens with zero attached hydrogens (tertiary/aromatic N) is 3. The van der Waals surface area contributed by atoms with Gasteiger partial charge in [-0.25, -0.2) is 9.71 Å². The van der Waals surface area contributed by atoms with Gasteiger partial charge in [0.25, 0.3) is 15.9 Å². The molecule has 3 heterocycles. The van der Waals surface area contributed by atoms with E-state index in [0.717, 1.165) is 35.2 Å². The molecule has 1 amide bonds. The Kier molecular flexibility index (Phi) is 8.54. The highest BCUT2D eigenvalue weighted by Gasteiger charge is 2.39. The van der Waals surface area contributed by atoms with Crippen molar-refractivity contribution in [1.29, 1.82) is 0 Å². The number of hydrogen-bond donors (Lipinski definition) is 1. The van der Waals surface area contributed by atoms with E-state index in [0.29, 0.717) is 30.8 Å². The van der Waals surface area contributed by atoms with Crippen molar-refractivity contribution in [3.8, 4) is 17.1 Å². The van der Waals surface area contributed by atoms with Crippen LogP contribution in [0.25, 0.3) is 11.3 Å². The monoisotopic (exact) mass is 564 g/mol. The van der Waals surface area contributed by atoms with E-state index in [1.165, 1.54) is 6.07 Å². The first-order valence-electron chi connectivity index (χ1n) is 13.8. The second kappa shape index (κ2) is 11.6. The molecule has 1 aromatic carbocycles. The van der Waals surface area contributed by atoms with Gasteiger partial charge in [-0.3, -0.25) is 4.79 Å². The van der Waals surface area contributed by atoms with Gasteiger partial charge in [-0.2, -0.15) is 13.4 Å². The van der Waals surface area contributed by atoms with Crippen molar-refractivity contribution >= 4 is 21.7 Å². The molecule has 214 valence electrons. The lowest BCUT2D eigenvalue weighted by Crippen LogP contribution is -2.41. The number of aryl methyl sites for hydroxylation is 2. The molecule has 4 rings (SSSR count). The summed E-state index contributed by atoms with van der Waals surface area (Å²) in [5.41, 5.74) is 3.84. The van der Waals surface area contributed by atoms with Crippen LogP contribution in [0.1, 0.15) is 68.9 Å². The number of hydrogen-bond acceptors (Lipinski definition) is 7. The molecule has 2 aromatic heterocycles. The fraction of sp³-hybridized carbons (Fsp3) is 0.452. The summed E-state index contributed by atoms with van der Waals surface area (Å²) in [7, 11) is -4.26. The molecule has 8 nitrogen and oxygen atoms in total. The van der Waals surface area contributed by atoms with Crippen molar-refractivity contribution < 1.29 is 17.9 Å². The minimum Gasteiger partial charge on any atom is -0.478 e. The van der Waals surface area contributed by atoms with E-state index in [-0.39, 0.29) is 22.0 Å². The summed E-state index contributed by atoms with van der Waals surface area (Å²) in [6, 6.07) is 14.2. The van der Waals surface area contributed by atoms with E-state index in [9.17, 15) is 13.2 Å². The van der Waals surface area contributed by atoms with Gasteiger partial charge < -0.3 is 9.64 Å². The number of sulfonamides is 1. The molecule has 1 aliphatic rings. The van der Waals surface area contributed by atoms with Gasteiger partial charge in [-0.05, 0) is 82.7 Å². The first-order valence-corrected chi connectivity index (χ1v) is 15.3. The molecule has 1 saturated heterocycles. The highest BCUT2D eigenvalue weighted by Crippen LogP contribution is 2.38. The van der Waals surface area contributed by atoms with E-state index in [1.54, 1.807) is 24.3 Å². The molecule has 0 aliphatic carbocycles. The van der Waals surface area contributed by atoms with Crippen molar-refractivity contribution in [3.05, 3.63) is 65.2 Å². The Morgan fingerprint density at radius 1 is 1.10 bits per heavy atom. The van der Waals surface area contributed by atoms with E-state index in [1.807, 2.05) is 13.8 Å². The lowest BCUT2D eigenvalue weighted by Gasteiger charge is -2.34. The third-order valence-corrected chi connectivity index (χ3v) is 8.34. The minimum atomic E-state index is -4.26. The van der Waals surface area contributed by atoms with E-state index in [2.05, 4.69) is 67.4 Å². The summed E-state index contributed by atoms with van der Waals surface area (Å²) in [4.78, 5) is 24.8. The van der Waals surface area contributed by atoms with Crippen molar-refractivity contribution in [2.45, 2.75) is 71.9 Å². The lowest BCUT2D eigenvalue weighted by atomic mass is 9.97. The first kappa shape index (κ1) is 29.5. The lowest BCUT2D eigenvalue weighted by molar-refractivity contribution is 0.0981. The summed E-state index contributed by atoms with van der Waals surface area (Å²) in [5, 5.41) is -0.278.